The number of carbonyl (C=O) groups excluding carboxylic acids is 1. The number of hydrogen-bond donors (Lipinski definition) is 0. The van der Waals surface area contributed by atoms with Crippen LogP contribution in [0.3, 0.4) is 0 Å². The number of furan rings is 1. The highest BCUT2D eigenvalue weighted by atomic mass is 79.9. The van der Waals surface area contributed by atoms with Gasteiger partial charge in [0.25, 0.3) is 0 Å². The fourth-order valence-corrected chi connectivity index (χ4v) is 3.29. The van der Waals surface area contributed by atoms with Crippen LogP contribution in [0.4, 0.5) is 5.82 Å². The van der Waals surface area contributed by atoms with Gasteiger partial charge in [0.15, 0.2) is 0 Å². The van der Waals surface area contributed by atoms with Crippen molar-refractivity contribution in [1.82, 2.24) is 4.98 Å². The lowest BCUT2D eigenvalue weighted by Gasteiger charge is -2.23. The molecule has 1 aromatic carbocycles. The summed E-state index contributed by atoms with van der Waals surface area (Å²) in [5.74, 6) is 1.97. The Morgan fingerprint density at radius 2 is 2.07 bits per heavy atom. The summed E-state index contributed by atoms with van der Waals surface area (Å²) in [5, 5.41) is 0. The maximum Gasteiger partial charge on any atom is 0.339 e. The van der Waals surface area contributed by atoms with Crippen LogP contribution >= 0.6 is 15.9 Å². The number of rotatable bonds is 8. The van der Waals surface area contributed by atoms with Gasteiger partial charge >= 0.3 is 5.97 Å². The molecular formula is C22H23BrN2O4. The van der Waals surface area contributed by atoms with Crippen LogP contribution < -0.4 is 9.64 Å². The Morgan fingerprint density at radius 1 is 1.24 bits per heavy atom. The Hall–Kier alpha value is -2.80. The molecule has 7 heteroatoms. The molecule has 3 aromatic rings. The first-order valence-corrected chi connectivity index (χ1v) is 10.0. The molecule has 2 heterocycles. The Labute approximate surface area is 178 Å². The summed E-state index contributed by atoms with van der Waals surface area (Å²) in [5.41, 5.74) is 2.51. The van der Waals surface area contributed by atoms with Crippen LogP contribution in [0.1, 0.15) is 34.2 Å². The van der Waals surface area contributed by atoms with E-state index in [0.29, 0.717) is 18.7 Å². The van der Waals surface area contributed by atoms with Crippen molar-refractivity contribution in [2.45, 2.75) is 27.0 Å². The molecule has 0 bridgehead atoms. The van der Waals surface area contributed by atoms with Crippen molar-refractivity contribution in [1.29, 1.82) is 0 Å². The van der Waals surface area contributed by atoms with Gasteiger partial charge < -0.3 is 18.8 Å². The van der Waals surface area contributed by atoms with E-state index >= 15 is 0 Å². The summed E-state index contributed by atoms with van der Waals surface area (Å²) in [6.07, 6.45) is 3.20. The van der Waals surface area contributed by atoms with Gasteiger partial charge in [-0.25, -0.2) is 9.78 Å². The number of halogens is 1. The predicted octanol–water partition coefficient (Wildman–Crippen LogP) is 5.14. The van der Waals surface area contributed by atoms with Crippen LogP contribution in [0.5, 0.6) is 5.75 Å². The Bertz CT molecular complexity index is 969. The third-order valence-electron chi connectivity index (χ3n) is 4.59. The fourth-order valence-electron chi connectivity index (χ4n) is 2.88. The van der Waals surface area contributed by atoms with Crippen molar-refractivity contribution in [3.8, 4) is 5.75 Å². The van der Waals surface area contributed by atoms with Crippen molar-refractivity contribution in [3.63, 3.8) is 0 Å². The maximum atomic E-state index is 11.6. The number of aryl methyl sites for hydroxylation is 1. The SMILES string of the molecule is CCN(Cc1cc(Br)ccc1OCc1occc1C)c1ccc(C(=O)OC)cn1. The second kappa shape index (κ2) is 9.60. The summed E-state index contributed by atoms with van der Waals surface area (Å²) in [4.78, 5) is 18.2. The topological polar surface area (TPSA) is 64.8 Å². The second-order valence-electron chi connectivity index (χ2n) is 6.48. The second-order valence-corrected chi connectivity index (χ2v) is 7.39. The number of nitrogens with zero attached hydrogens (tertiary/aromatic N) is 2. The molecule has 0 aliphatic carbocycles. The molecule has 6 nitrogen and oxygen atoms in total. The summed E-state index contributed by atoms with van der Waals surface area (Å²) in [6.45, 7) is 5.76. The molecule has 0 spiro atoms. The zero-order valence-electron chi connectivity index (χ0n) is 16.6. The molecule has 0 aliphatic rings. The van der Waals surface area contributed by atoms with Crippen molar-refractivity contribution in [3.05, 3.63) is 75.8 Å². The van der Waals surface area contributed by atoms with Crippen LogP contribution in [-0.2, 0) is 17.9 Å². The number of aromatic nitrogens is 1. The van der Waals surface area contributed by atoms with Gasteiger partial charge in [0.2, 0.25) is 0 Å². The molecule has 0 fully saturated rings. The van der Waals surface area contributed by atoms with Crippen molar-refractivity contribution in [2.24, 2.45) is 0 Å². The minimum Gasteiger partial charge on any atom is -0.485 e. The minimum atomic E-state index is -0.400. The number of carbonyl (C=O) groups is 1. The van der Waals surface area contributed by atoms with Crippen molar-refractivity contribution >= 4 is 27.7 Å². The van der Waals surface area contributed by atoms with E-state index in [1.807, 2.05) is 37.3 Å². The van der Waals surface area contributed by atoms with Crippen molar-refractivity contribution < 1.29 is 18.7 Å². The predicted molar refractivity (Wildman–Crippen MR) is 114 cm³/mol. The van der Waals surface area contributed by atoms with Gasteiger partial charge in [-0.05, 0) is 55.8 Å². The highest BCUT2D eigenvalue weighted by Gasteiger charge is 2.14. The van der Waals surface area contributed by atoms with E-state index in [9.17, 15) is 4.79 Å². The first-order valence-electron chi connectivity index (χ1n) is 9.25. The molecule has 29 heavy (non-hydrogen) atoms. The fraction of sp³-hybridized carbons (Fsp3) is 0.273. The van der Waals surface area contributed by atoms with Crippen LogP contribution in [0.2, 0.25) is 0 Å². The van der Waals surface area contributed by atoms with Gasteiger partial charge in [-0.1, -0.05) is 15.9 Å². The van der Waals surface area contributed by atoms with Gasteiger partial charge in [-0.2, -0.15) is 0 Å². The summed E-state index contributed by atoms with van der Waals surface area (Å²) in [6, 6.07) is 11.4. The van der Waals surface area contributed by atoms with Crippen molar-refractivity contribution in [2.75, 3.05) is 18.6 Å². The quantitative estimate of drug-likeness (QED) is 0.435. The average Bonchev–Trinajstić information content (AvgIpc) is 3.15. The molecule has 2 aromatic heterocycles. The number of hydrogen-bond acceptors (Lipinski definition) is 6. The van der Waals surface area contributed by atoms with E-state index in [4.69, 9.17) is 13.9 Å². The number of ether oxygens (including phenoxy) is 2. The molecule has 0 saturated heterocycles. The smallest absolute Gasteiger partial charge is 0.339 e. The maximum absolute atomic E-state index is 11.6. The molecular weight excluding hydrogens is 436 g/mol. The van der Waals surface area contributed by atoms with Crippen LogP contribution in [0.15, 0.2) is 57.7 Å². The lowest BCUT2D eigenvalue weighted by molar-refractivity contribution is 0.0600. The zero-order valence-corrected chi connectivity index (χ0v) is 18.2. The van der Waals surface area contributed by atoms with E-state index in [2.05, 4.69) is 32.7 Å². The van der Waals surface area contributed by atoms with Gasteiger partial charge in [-0.15, -0.1) is 0 Å². The van der Waals surface area contributed by atoms with E-state index in [0.717, 1.165) is 39.5 Å². The summed E-state index contributed by atoms with van der Waals surface area (Å²) in [7, 11) is 1.35. The van der Waals surface area contributed by atoms with Gasteiger partial charge in [0.1, 0.15) is 23.9 Å². The lowest BCUT2D eigenvalue weighted by atomic mass is 10.1. The Balaban J connectivity index is 1.78. The molecule has 0 aliphatic heterocycles. The van der Waals surface area contributed by atoms with E-state index in [1.54, 1.807) is 12.3 Å². The number of benzene rings is 1. The highest BCUT2D eigenvalue weighted by Crippen LogP contribution is 2.27. The van der Waals surface area contributed by atoms with Gasteiger partial charge in [0.05, 0.1) is 18.9 Å². The Kier molecular flexibility index (Phi) is 6.93. The number of pyridine rings is 1. The normalized spacial score (nSPS) is 10.6. The molecule has 0 amide bonds. The van der Waals surface area contributed by atoms with Crippen LogP contribution in [0.25, 0.3) is 0 Å². The zero-order chi connectivity index (χ0) is 20.8. The van der Waals surface area contributed by atoms with E-state index < -0.39 is 5.97 Å². The molecule has 3 rings (SSSR count). The number of anilines is 1. The lowest BCUT2D eigenvalue weighted by Crippen LogP contribution is -2.23. The monoisotopic (exact) mass is 458 g/mol. The Morgan fingerprint density at radius 3 is 2.69 bits per heavy atom. The highest BCUT2D eigenvalue weighted by molar-refractivity contribution is 9.10. The average molecular weight is 459 g/mol. The summed E-state index contributed by atoms with van der Waals surface area (Å²) >= 11 is 3.54. The third-order valence-corrected chi connectivity index (χ3v) is 5.08. The number of methoxy groups -OCH3 is 1. The number of esters is 1. The molecule has 0 radical (unpaired) electrons. The molecule has 0 saturated carbocycles. The molecule has 0 unspecified atom stereocenters. The third kappa shape index (κ3) is 5.17. The first-order chi connectivity index (χ1) is 14.0. The minimum absolute atomic E-state index is 0.367. The van der Waals surface area contributed by atoms with E-state index in [-0.39, 0.29) is 0 Å². The standard InChI is InChI=1S/C22H23BrN2O4/c1-4-25(21-8-5-16(12-24-21)22(26)27-3)13-17-11-18(23)6-7-19(17)29-14-20-15(2)9-10-28-20/h5-12H,4,13-14H2,1-3H3. The van der Waals surface area contributed by atoms with E-state index in [1.165, 1.54) is 13.3 Å². The van der Waals surface area contributed by atoms with Gasteiger partial charge in [-0.3, -0.25) is 0 Å². The van der Waals surface area contributed by atoms with Crippen LogP contribution in [-0.4, -0.2) is 24.6 Å². The molecule has 0 N–H and O–H groups in total. The van der Waals surface area contributed by atoms with Crippen LogP contribution in [0, 0.1) is 6.92 Å². The van der Waals surface area contributed by atoms with Gasteiger partial charge in [0, 0.05) is 29.3 Å². The first kappa shape index (κ1) is 20.9. The summed E-state index contributed by atoms with van der Waals surface area (Å²) < 4.78 is 17.2. The molecule has 152 valence electrons. The largest absolute Gasteiger partial charge is 0.485 e. The molecule has 0 atom stereocenters.